The molecule has 122 valence electrons. The van der Waals surface area contributed by atoms with Gasteiger partial charge in [0.05, 0.1) is 5.69 Å². The van der Waals surface area contributed by atoms with E-state index in [1.165, 1.54) is 25.9 Å². The van der Waals surface area contributed by atoms with Gasteiger partial charge in [0.1, 0.15) is 0 Å². The van der Waals surface area contributed by atoms with Gasteiger partial charge in [-0.05, 0) is 64.0 Å². The number of nitrogens with zero attached hydrogens (tertiary/aromatic N) is 3. The van der Waals surface area contributed by atoms with Crippen molar-refractivity contribution in [3.63, 3.8) is 0 Å². The van der Waals surface area contributed by atoms with Crippen molar-refractivity contribution < 1.29 is 4.79 Å². The number of carbonyl (C=O) groups is 1. The molecule has 1 aliphatic rings. The number of hydrogen-bond donors (Lipinski definition) is 1. The van der Waals surface area contributed by atoms with E-state index in [1.807, 2.05) is 43.3 Å². The number of aromatic nitrogens is 2. The number of rotatable bonds is 6. The monoisotopic (exact) mass is 312 g/mol. The van der Waals surface area contributed by atoms with Gasteiger partial charge in [-0.2, -0.15) is 5.10 Å². The number of likely N-dealkylation sites (tertiary alicyclic amines) is 1. The van der Waals surface area contributed by atoms with Gasteiger partial charge in [0.15, 0.2) is 5.69 Å². The predicted octanol–water partition coefficient (Wildman–Crippen LogP) is 2.40. The largest absolute Gasteiger partial charge is 0.351 e. The summed E-state index contributed by atoms with van der Waals surface area (Å²) >= 11 is 0. The van der Waals surface area contributed by atoms with E-state index >= 15 is 0 Å². The van der Waals surface area contributed by atoms with Crippen LogP contribution in [-0.4, -0.2) is 46.8 Å². The van der Waals surface area contributed by atoms with E-state index in [1.54, 1.807) is 4.68 Å². The molecule has 1 aromatic heterocycles. The van der Waals surface area contributed by atoms with Gasteiger partial charge in [-0.25, -0.2) is 4.68 Å². The minimum Gasteiger partial charge on any atom is -0.351 e. The van der Waals surface area contributed by atoms with Crippen molar-refractivity contribution in [2.24, 2.45) is 0 Å². The van der Waals surface area contributed by atoms with E-state index in [2.05, 4.69) is 15.3 Å². The van der Waals surface area contributed by atoms with Crippen LogP contribution in [0.25, 0.3) is 5.69 Å². The summed E-state index contributed by atoms with van der Waals surface area (Å²) in [6.45, 7) is 6.14. The predicted molar refractivity (Wildman–Crippen MR) is 90.9 cm³/mol. The highest BCUT2D eigenvalue weighted by molar-refractivity contribution is 5.92. The van der Waals surface area contributed by atoms with E-state index in [9.17, 15) is 4.79 Å². The third kappa shape index (κ3) is 3.99. The number of benzene rings is 1. The first-order valence-electron chi connectivity index (χ1n) is 8.37. The van der Waals surface area contributed by atoms with Crippen LogP contribution in [0.3, 0.4) is 0 Å². The Morgan fingerprint density at radius 1 is 1.22 bits per heavy atom. The van der Waals surface area contributed by atoms with Gasteiger partial charge < -0.3 is 10.2 Å². The van der Waals surface area contributed by atoms with E-state index < -0.39 is 0 Å². The SMILES string of the molecule is Cc1cc(C(=O)NCCCN2CCCC2)nn1-c1ccccc1. The van der Waals surface area contributed by atoms with Crippen LogP contribution in [0.5, 0.6) is 0 Å². The number of nitrogens with one attached hydrogen (secondary N) is 1. The molecule has 0 aliphatic carbocycles. The van der Waals surface area contributed by atoms with Crippen molar-refractivity contribution in [2.75, 3.05) is 26.2 Å². The average Bonchev–Trinajstić information content (AvgIpc) is 3.22. The molecule has 2 heterocycles. The van der Waals surface area contributed by atoms with E-state index in [4.69, 9.17) is 0 Å². The van der Waals surface area contributed by atoms with Gasteiger partial charge in [-0.1, -0.05) is 18.2 Å². The van der Waals surface area contributed by atoms with E-state index in [-0.39, 0.29) is 5.91 Å². The van der Waals surface area contributed by atoms with Crippen LogP contribution in [-0.2, 0) is 0 Å². The molecule has 1 aliphatic heterocycles. The number of amides is 1. The second-order valence-electron chi connectivity index (χ2n) is 6.08. The molecule has 1 saturated heterocycles. The topological polar surface area (TPSA) is 50.2 Å². The molecule has 0 unspecified atom stereocenters. The lowest BCUT2D eigenvalue weighted by molar-refractivity contribution is 0.0946. The Morgan fingerprint density at radius 2 is 1.96 bits per heavy atom. The Balaban J connectivity index is 1.53. The maximum absolute atomic E-state index is 12.2. The fraction of sp³-hybridized carbons (Fsp3) is 0.444. The Bertz CT molecular complexity index is 644. The zero-order chi connectivity index (χ0) is 16.1. The highest BCUT2D eigenvalue weighted by atomic mass is 16.1. The molecule has 1 amide bonds. The lowest BCUT2D eigenvalue weighted by atomic mass is 10.3. The van der Waals surface area contributed by atoms with Gasteiger partial charge in [0, 0.05) is 12.2 Å². The first kappa shape index (κ1) is 15.7. The molecule has 23 heavy (non-hydrogen) atoms. The molecule has 1 fully saturated rings. The molecular weight excluding hydrogens is 288 g/mol. The second-order valence-corrected chi connectivity index (χ2v) is 6.08. The fourth-order valence-electron chi connectivity index (χ4n) is 3.02. The molecule has 0 bridgehead atoms. The summed E-state index contributed by atoms with van der Waals surface area (Å²) in [4.78, 5) is 14.7. The quantitative estimate of drug-likeness (QED) is 0.833. The Morgan fingerprint density at radius 3 is 2.70 bits per heavy atom. The van der Waals surface area contributed by atoms with Gasteiger partial charge in [0.2, 0.25) is 0 Å². The summed E-state index contributed by atoms with van der Waals surface area (Å²) in [5.41, 5.74) is 2.41. The van der Waals surface area contributed by atoms with E-state index in [0.29, 0.717) is 12.2 Å². The number of para-hydroxylation sites is 1. The normalized spacial score (nSPS) is 15.0. The van der Waals surface area contributed by atoms with Crippen LogP contribution in [0.15, 0.2) is 36.4 Å². The summed E-state index contributed by atoms with van der Waals surface area (Å²) in [5, 5.41) is 7.40. The van der Waals surface area contributed by atoms with E-state index in [0.717, 1.165) is 24.3 Å². The van der Waals surface area contributed by atoms with Crippen molar-refractivity contribution >= 4 is 5.91 Å². The molecule has 3 rings (SSSR count). The smallest absolute Gasteiger partial charge is 0.271 e. The standard InChI is InChI=1S/C18H24N4O/c1-15-14-17(20-22(15)16-8-3-2-4-9-16)18(23)19-10-7-13-21-11-5-6-12-21/h2-4,8-9,14H,5-7,10-13H2,1H3,(H,19,23). The Labute approximate surface area is 137 Å². The van der Waals surface area contributed by atoms with Gasteiger partial charge in [0.25, 0.3) is 5.91 Å². The molecule has 0 spiro atoms. The zero-order valence-corrected chi connectivity index (χ0v) is 13.7. The average molecular weight is 312 g/mol. The van der Waals surface area contributed by atoms with Crippen LogP contribution in [0.4, 0.5) is 0 Å². The van der Waals surface area contributed by atoms with Crippen LogP contribution in [0.1, 0.15) is 35.4 Å². The van der Waals surface area contributed by atoms with Crippen LogP contribution < -0.4 is 5.32 Å². The third-order valence-electron chi connectivity index (χ3n) is 4.26. The lowest BCUT2D eigenvalue weighted by Crippen LogP contribution is -2.29. The molecule has 5 heteroatoms. The number of hydrogen-bond acceptors (Lipinski definition) is 3. The summed E-state index contributed by atoms with van der Waals surface area (Å²) in [7, 11) is 0. The first-order valence-corrected chi connectivity index (χ1v) is 8.37. The molecule has 1 N–H and O–H groups in total. The molecule has 0 saturated carbocycles. The Hall–Kier alpha value is -2.14. The summed E-state index contributed by atoms with van der Waals surface area (Å²) in [6, 6.07) is 11.7. The molecule has 5 nitrogen and oxygen atoms in total. The molecule has 0 radical (unpaired) electrons. The van der Waals surface area contributed by atoms with Crippen molar-refractivity contribution in [3.05, 3.63) is 47.8 Å². The van der Waals surface area contributed by atoms with Crippen molar-refractivity contribution in [1.29, 1.82) is 0 Å². The Kier molecular flexibility index (Phi) is 5.08. The summed E-state index contributed by atoms with van der Waals surface area (Å²) < 4.78 is 1.80. The molecule has 1 aromatic carbocycles. The maximum atomic E-state index is 12.2. The molecule has 0 atom stereocenters. The number of carbonyl (C=O) groups excluding carboxylic acids is 1. The zero-order valence-electron chi connectivity index (χ0n) is 13.7. The lowest BCUT2D eigenvalue weighted by Gasteiger charge is -2.13. The van der Waals surface area contributed by atoms with Gasteiger partial charge >= 0.3 is 0 Å². The minimum atomic E-state index is -0.0933. The first-order chi connectivity index (χ1) is 11.2. The highest BCUT2D eigenvalue weighted by Crippen LogP contribution is 2.12. The second kappa shape index (κ2) is 7.42. The molecule has 2 aromatic rings. The summed E-state index contributed by atoms with van der Waals surface area (Å²) in [5.74, 6) is -0.0933. The third-order valence-corrected chi connectivity index (χ3v) is 4.26. The molecular formula is C18H24N4O. The van der Waals surface area contributed by atoms with Crippen molar-refractivity contribution in [2.45, 2.75) is 26.2 Å². The fourth-order valence-corrected chi connectivity index (χ4v) is 3.02. The van der Waals surface area contributed by atoms with Crippen molar-refractivity contribution in [3.8, 4) is 5.69 Å². The van der Waals surface area contributed by atoms with Gasteiger partial charge in [-0.15, -0.1) is 0 Å². The van der Waals surface area contributed by atoms with Gasteiger partial charge in [-0.3, -0.25) is 4.79 Å². The van der Waals surface area contributed by atoms with Crippen molar-refractivity contribution in [1.82, 2.24) is 20.0 Å². The summed E-state index contributed by atoms with van der Waals surface area (Å²) in [6.07, 6.45) is 3.61. The van der Waals surface area contributed by atoms with Crippen LogP contribution in [0, 0.1) is 6.92 Å². The van der Waals surface area contributed by atoms with Crippen LogP contribution in [0.2, 0.25) is 0 Å². The minimum absolute atomic E-state index is 0.0933. The highest BCUT2D eigenvalue weighted by Gasteiger charge is 2.14. The maximum Gasteiger partial charge on any atom is 0.271 e. The number of aryl methyl sites for hydroxylation is 1. The van der Waals surface area contributed by atoms with Crippen LogP contribution >= 0.6 is 0 Å².